The van der Waals surface area contributed by atoms with Crippen molar-refractivity contribution < 1.29 is 21.6 Å². The lowest BCUT2D eigenvalue weighted by molar-refractivity contribution is 0.0696. The summed E-state index contributed by atoms with van der Waals surface area (Å²) in [5.41, 5.74) is 47.1. The molecule has 30 heteroatoms. The Morgan fingerprint density at radius 1 is 0.543 bits per heavy atom. The topological polar surface area (TPSA) is 384 Å². The van der Waals surface area contributed by atoms with Crippen molar-refractivity contribution in [1.29, 1.82) is 0 Å². The number of carboxylic acid groups (broad SMARTS) is 1. The van der Waals surface area contributed by atoms with Gasteiger partial charge in [0.25, 0.3) is 5.91 Å². The lowest BCUT2D eigenvalue weighted by Crippen LogP contribution is -2.11. The van der Waals surface area contributed by atoms with Crippen LogP contribution < -0.4 is 66.3 Å². The van der Waals surface area contributed by atoms with Crippen molar-refractivity contribution in [2.45, 2.75) is 0 Å². The van der Waals surface area contributed by atoms with Crippen LogP contribution in [0.15, 0.2) is 158 Å². The van der Waals surface area contributed by atoms with Crippen molar-refractivity contribution in [1.82, 2.24) is 24.9 Å². The van der Waals surface area contributed by atoms with Crippen molar-refractivity contribution in [3.8, 4) is 0 Å². The van der Waals surface area contributed by atoms with Crippen LogP contribution >= 0.6 is 60.4 Å². The maximum absolute atomic E-state index is 12.8. The minimum Gasteiger partial charge on any atom is -0.478 e. The zero-order chi connectivity index (χ0) is 56.2. The van der Waals surface area contributed by atoms with Gasteiger partial charge < -0.3 is 76.9 Å². The number of halogens is 5. The van der Waals surface area contributed by atoms with Crippen LogP contribution in [-0.4, -0.2) is 91.1 Å². The molecule has 0 saturated heterocycles. The number of nitrogens with two attached hydrogens (primary N) is 7. The first-order valence-corrected chi connectivity index (χ1v) is 23.5. The van der Waals surface area contributed by atoms with Crippen LogP contribution in [0.4, 0.5) is 86.4 Å². The number of nitrogens with zero attached hydrogens (tertiary/aromatic N) is 6. The number of benzene rings is 6. The first kappa shape index (κ1) is 70.3. The highest BCUT2D eigenvalue weighted by atomic mass is 35.5. The predicted octanol–water partition coefficient (Wildman–Crippen LogP) is 8.67. The van der Waals surface area contributed by atoms with Crippen LogP contribution in [-0.2, 0) is 0 Å². The van der Waals surface area contributed by atoms with Gasteiger partial charge in [0, 0.05) is 136 Å². The van der Waals surface area contributed by atoms with Crippen LogP contribution in [0.3, 0.4) is 0 Å². The van der Waals surface area contributed by atoms with Gasteiger partial charge in [-0.15, -0.1) is 37.2 Å². The largest absolute Gasteiger partial charge is 0.478 e. The number of anilines is 15. The summed E-state index contributed by atoms with van der Waals surface area (Å²) in [4.78, 5) is 45.3. The van der Waals surface area contributed by atoms with Crippen LogP contribution in [0.25, 0.3) is 10.9 Å². The monoisotopic (exact) mass is 1190 g/mol. The number of pyridine rings is 1. The van der Waals surface area contributed by atoms with Crippen molar-refractivity contribution in [3.05, 3.63) is 179 Å². The van der Waals surface area contributed by atoms with Gasteiger partial charge in [-0.1, -0.05) is 23.2 Å². The van der Waals surface area contributed by atoms with Gasteiger partial charge >= 0.3 is 5.97 Å². The zero-order valence-corrected chi connectivity index (χ0v) is 47.3. The summed E-state index contributed by atoms with van der Waals surface area (Å²) in [6, 6.07) is 44.1. The molecule has 9 rings (SSSR count). The van der Waals surface area contributed by atoms with Gasteiger partial charge in [0.2, 0.25) is 11.9 Å². The smallest absolute Gasteiger partial charge is 0.335 e. The summed E-state index contributed by atoms with van der Waals surface area (Å²) in [5.74, 6) is 0.679. The van der Waals surface area contributed by atoms with Crippen LogP contribution in [0.5, 0.6) is 0 Å². The fourth-order valence-electron chi connectivity index (χ4n) is 6.41. The summed E-state index contributed by atoms with van der Waals surface area (Å²) in [7, 11) is 18.0. The Morgan fingerprint density at radius 2 is 0.988 bits per heavy atom. The summed E-state index contributed by atoms with van der Waals surface area (Å²) >= 11 is 11.4. The molecule has 3 aromatic heterocycles. The molecule has 0 aliphatic carbocycles. The molecule has 0 atom stereocenters. The number of nitrogens with one attached hydrogen (secondary N) is 4. The third-order valence-corrected chi connectivity index (χ3v) is 10.3. The van der Waals surface area contributed by atoms with Gasteiger partial charge in [0.05, 0.1) is 11.1 Å². The maximum Gasteiger partial charge on any atom is 0.335 e. The number of fused-ring (bicyclic) bond motifs is 1. The molecule has 9 aromatic rings. The minimum absolute atomic E-state index is 0. The average Bonchev–Trinajstić information content (AvgIpc) is 3.35. The van der Waals surface area contributed by atoms with Crippen molar-refractivity contribution in [2.75, 3.05) is 80.4 Å². The molecule has 81 heavy (non-hydrogen) atoms. The number of carbonyl (C=O) groups is 2. The van der Waals surface area contributed by atoms with Gasteiger partial charge in [-0.25, -0.2) is 4.79 Å². The van der Waals surface area contributed by atoms with Crippen molar-refractivity contribution in [2.24, 2.45) is 0 Å². The summed E-state index contributed by atoms with van der Waals surface area (Å²) in [5, 5.41) is 23.2. The minimum atomic E-state index is -0.931. The molecule has 6 radical (unpaired) electrons. The Hall–Kier alpha value is -8.70. The Kier molecular flexibility index (Phi) is 29.8. The lowest BCUT2D eigenvalue weighted by Gasteiger charge is -2.15. The fourth-order valence-corrected chi connectivity index (χ4v) is 6.79. The van der Waals surface area contributed by atoms with Gasteiger partial charge in [-0.05, 0) is 140 Å². The van der Waals surface area contributed by atoms with E-state index in [2.05, 4.69) is 80.4 Å². The van der Waals surface area contributed by atoms with E-state index in [1.165, 1.54) is 12.1 Å². The van der Waals surface area contributed by atoms with E-state index < -0.39 is 12.4 Å². The second-order valence-corrected chi connectivity index (χ2v) is 17.2. The van der Waals surface area contributed by atoms with Crippen LogP contribution in [0.1, 0.15) is 22.1 Å². The van der Waals surface area contributed by atoms with E-state index in [9.17, 15) is 9.59 Å². The first-order chi connectivity index (χ1) is 36.6. The fraction of sp³-hybridized carbons (Fsp3) is 0.0392. The molecule has 0 bridgehead atoms. The summed E-state index contributed by atoms with van der Waals surface area (Å²) < 4.78 is 0. The molecule has 21 N–H and O–H groups in total. The molecule has 0 fully saturated rings. The summed E-state index contributed by atoms with van der Waals surface area (Å²) in [6.07, 6.45) is 1.12. The predicted molar refractivity (Wildman–Crippen MR) is 348 cm³/mol. The Bertz CT molecular complexity index is 3320. The molecule has 0 aliphatic heterocycles. The van der Waals surface area contributed by atoms with Gasteiger partial charge in [0.1, 0.15) is 23.3 Å². The second kappa shape index (κ2) is 34.3. The number of amides is 1. The maximum atomic E-state index is 12.8. The molecule has 0 saturated carbocycles. The molecule has 0 aliphatic rings. The van der Waals surface area contributed by atoms with E-state index >= 15 is 0 Å². The third-order valence-electron chi connectivity index (χ3n) is 9.83. The van der Waals surface area contributed by atoms with Gasteiger partial charge in [-0.2, -0.15) is 19.9 Å². The highest BCUT2D eigenvalue weighted by Gasteiger charge is 2.10. The third kappa shape index (κ3) is 24.5. The number of nitrogen functional groups attached to an aromatic ring is 7. The number of carboxylic acids is 1. The molecule has 1 amide bonds. The van der Waals surface area contributed by atoms with Crippen LogP contribution in [0.2, 0.25) is 10.0 Å². The molecule has 0 unspecified atom stereocenters. The SMILES string of the molecule is CN(C)c1ccc2nccc(Nc3ccc(NC(=O)c4ccc(Nc5cc(N)nc(N)n5)cc4)cc3)c2c1.Cl.Cl.Cl.Nc1cc(N)cc(Cl)c1.Nc1cc(Nc2ccc(Cl)cc2)nc(N)n1.Nc1ccc(C(=O)O)cc1.O.[2HH].[B]B([B])[B]. The van der Waals surface area contributed by atoms with E-state index in [4.69, 9.17) is 68.4 Å². The Balaban J connectivity index is 0.00000123. The van der Waals surface area contributed by atoms with Gasteiger partial charge in [0.15, 0.2) is 0 Å². The van der Waals surface area contributed by atoms with E-state index in [1.54, 1.807) is 85.1 Å². The second-order valence-electron chi connectivity index (χ2n) is 16.3. The van der Waals surface area contributed by atoms with E-state index in [0.29, 0.717) is 55.8 Å². The zero-order valence-electron chi connectivity index (χ0n) is 43.3. The molecule has 6 aromatic carbocycles. The Morgan fingerprint density at radius 3 is 1.44 bits per heavy atom. The molecular weight excluding hydrogens is 1140 g/mol. The highest BCUT2D eigenvalue weighted by molar-refractivity contribution is 7.49. The van der Waals surface area contributed by atoms with Gasteiger partial charge in [-0.3, -0.25) is 9.78 Å². The van der Waals surface area contributed by atoms with Crippen molar-refractivity contribution >= 4 is 199 Å². The van der Waals surface area contributed by atoms with E-state index in [0.717, 1.165) is 39.3 Å². The number of aromatic nitrogens is 5. The lowest BCUT2D eigenvalue weighted by atomic mass is 9.08. The number of rotatable bonds is 10. The van der Waals surface area contributed by atoms with E-state index in [1.807, 2.05) is 68.7 Å². The molecular formula is C51H58B4Cl5N17O4. The number of aromatic carboxylic acids is 1. The first-order valence-electron chi connectivity index (χ1n) is 22.7. The molecule has 418 valence electrons. The Labute approximate surface area is 502 Å². The molecule has 21 nitrogen and oxygen atoms in total. The highest BCUT2D eigenvalue weighted by Crippen LogP contribution is 2.29. The summed E-state index contributed by atoms with van der Waals surface area (Å²) in [6.45, 7) is 0. The quantitative estimate of drug-likeness (QED) is 0.0450. The van der Waals surface area contributed by atoms with Crippen molar-refractivity contribution in [3.63, 3.8) is 0 Å². The molecule has 3 heterocycles. The number of hydrogen-bond donors (Lipinski definition) is 12. The standard InChI is InChI=1S/C28H27N9O.C10H10ClN5.C7H7NO2.C6H7ClN2.B4.3ClH.H2O.H2/c1-37(2)21-11-12-23-22(15-21)24(13-14-31-23)32-18-7-9-20(10-8-18)34-27(38)17-3-5-19(6-4-17)33-26-16-25(29)35-28(30)36-26;11-6-1-3-7(4-2-6)14-9-5-8(12)15-10(13)16-9;8-6-3-1-5(2-4-6)7(9)10;7-4-1-5(8)3-6(9)2-4;1-4(2)3;;;;;/h3-16H,1-2H3,(H,31,32)(H,34,38)(H5,29,30,33,35,36);1-5H,(H5,12,13,14,15,16);1-4H,8H2,(H,9,10);1-3H,8-9H2;;3*1H;1H2;1H/i;;;;;;;;;1+1. The average molecular weight is 1190 g/mol. The molecule has 0 spiro atoms. The van der Waals surface area contributed by atoms with Crippen LogP contribution in [0, 0.1) is 0 Å². The number of hydrogen-bond acceptors (Lipinski definition) is 18. The normalized spacial score (nSPS) is 9.48. The van der Waals surface area contributed by atoms with E-state index in [-0.39, 0.29) is 73.3 Å². The number of carbonyl (C=O) groups excluding carboxylic acids is 1.